The molecule has 0 bridgehead atoms. The second-order valence-electron chi connectivity index (χ2n) is 0. The topological polar surface area (TPSA) is 220 Å². The van der Waals surface area contributed by atoms with E-state index in [0.29, 0.717) is 0 Å². The average molecular weight is 371 g/mol. The van der Waals surface area contributed by atoms with Gasteiger partial charge in [0.1, 0.15) is 0 Å². The predicted octanol–water partition coefficient (Wildman–Crippen LogP) is -14.8. The molecule has 0 unspecified atom stereocenters. The number of halogens is 3. The summed E-state index contributed by atoms with van der Waals surface area (Å²) in [6.07, 6.45) is 0. The number of rotatable bonds is 0. The normalized spacial score (nSPS) is 0. The molecule has 0 aliphatic rings. The first-order valence-electron chi connectivity index (χ1n) is 0. The summed E-state index contributed by atoms with van der Waals surface area (Å²) in [7, 11) is 0. The van der Waals surface area contributed by atoms with Crippen molar-refractivity contribution in [2.45, 2.75) is 0 Å². The molecule has 0 atom stereocenters. The maximum Gasteiger partial charge on any atom is 3.00 e. The molecule has 0 rings (SSSR count). The Morgan fingerprint density at radius 3 is 0.273 bits per heavy atom. The van der Waals surface area contributed by atoms with Gasteiger partial charge in [0.2, 0.25) is 0 Å². The minimum absolute atomic E-state index is 0. The first-order chi connectivity index (χ1) is 0. The van der Waals surface area contributed by atoms with E-state index in [1.807, 2.05) is 0 Å². The maximum atomic E-state index is 0. The van der Waals surface area contributed by atoms with Crippen molar-refractivity contribution in [2.24, 2.45) is 0 Å². The summed E-state index contributed by atoms with van der Waals surface area (Å²) in [4.78, 5) is 0. The van der Waals surface area contributed by atoms with E-state index >= 15 is 0 Å². The van der Waals surface area contributed by atoms with Crippen LogP contribution in [0.1, 0.15) is 0 Å². The molecule has 0 aliphatic carbocycles. The van der Waals surface area contributed by atoms with Gasteiger partial charge in [-0.15, -0.1) is 0 Å². The molecule has 0 heterocycles. The Bertz CT molecular complexity index is 13.6. The molecule has 0 saturated heterocycles. The maximum absolute atomic E-state index is 0. The van der Waals surface area contributed by atoms with Crippen LogP contribution in [0.4, 0.5) is 0 Å². The quantitative estimate of drug-likeness (QED) is 0.387. The third-order valence-electron chi connectivity index (χ3n) is 0. The molecule has 0 saturated carbocycles. The molecule has 80 valence electrons. The smallest absolute Gasteiger partial charge is 1.00 e. The van der Waals surface area contributed by atoms with Crippen molar-refractivity contribution in [2.75, 3.05) is 0 Å². The Kier molecular flexibility index (Phi) is 21800. The number of hydrogen-bond acceptors (Lipinski definition) is 0. The van der Waals surface area contributed by atoms with Gasteiger partial charge in [0.25, 0.3) is 0 Å². The first kappa shape index (κ1) is 557. The summed E-state index contributed by atoms with van der Waals surface area (Å²) < 4.78 is 0. The van der Waals surface area contributed by atoms with Crippen LogP contribution in [0.3, 0.4) is 0 Å². The molecule has 14 N–H and O–H groups in total. The minimum atomic E-state index is 0. The van der Waals surface area contributed by atoms with E-state index in [4.69, 9.17) is 0 Å². The first-order valence-corrected chi connectivity index (χ1v) is 0. The van der Waals surface area contributed by atoms with Crippen LogP contribution >= 0.6 is 0 Å². The molecule has 7 nitrogen and oxygen atoms in total. The van der Waals surface area contributed by atoms with Gasteiger partial charge in [-0.25, -0.2) is 0 Å². The monoisotopic (exact) mass is 370 g/mol. The molecule has 11 heteroatoms. The second-order valence-corrected chi connectivity index (χ2v) is 0. The predicted molar refractivity (Wildman–Crippen MR) is 25.3 cm³/mol. The average Bonchev–Trinajstić information content (AvgIpc) is 0. The van der Waals surface area contributed by atoms with Crippen LogP contribution in [-0.4, -0.2) is 38.3 Å². The standard InChI is InChI=1S/3ClH.La.7H2O/h3*1H;;7*1H2/q;;;+3;;;;;;;/p-3. The van der Waals surface area contributed by atoms with Crippen LogP contribution in [0.25, 0.3) is 0 Å². The van der Waals surface area contributed by atoms with E-state index in [2.05, 4.69) is 0 Å². The van der Waals surface area contributed by atoms with Crippen molar-refractivity contribution in [3.8, 4) is 0 Å². The Balaban J connectivity index is 0. The summed E-state index contributed by atoms with van der Waals surface area (Å²) in [5, 5.41) is 0. The van der Waals surface area contributed by atoms with Crippen LogP contribution in [0.15, 0.2) is 0 Å². The minimum Gasteiger partial charge on any atom is -1.00 e. The molecule has 11 heavy (non-hydrogen) atoms. The van der Waals surface area contributed by atoms with Crippen molar-refractivity contribution in [3.05, 3.63) is 0 Å². The summed E-state index contributed by atoms with van der Waals surface area (Å²) in [5.74, 6) is 0. The van der Waals surface area contributed by atoms with Crippen LogP contribution in [0, 0.1) is 35.6 Å². The Morgan fingerprint density at radius 1 is 0.273 bits per heavy atom. The van der Waals surface area contributed by atoms with E-state index in [0.717, 1.165) is 0 Å². The Hall–Kier alpha value is 1.78. The third-order valence-corrected chi connectivity index (χ3v) is 0. The van der Waals surface area contributed by atoms with Crippen molar-refractivity contribution in [3.63, 3.8) is 0 Å². The van der Waals surface area contributed by atoms with Crippen LogP contribution in [0.5, 0.6) is 0 Å². The van der Waals surface area contributed by atoms with Crippen molar-refractivity contribution in [1.29, 1.82) is 0 Å². The fourth-order valence-electron chi connectivity index (χ4n) is 0. The van der Waals surface area contributed by atoms with E-state index in [1.165, 1.54) is 0 Å². The van der Waals surface area contributed by atoms with E-state index in [9.17, 15) is 0 Å². The van der Waals surface area contributed by atoms with E-state index in [-0.39, 0.29) is 111 Å². The van der Waals surface area contributed by atoms with E-state index in [1.54, 1.807) is 0 Å². The van der Waals surface area contributed by atoms with Crippen molar-refractivity contribution in [1.82, 2.24) is 0 Å². The van der Waals surface area contributed by atoms with E-state index < -0.39 is 0 Å². The molecular formula is H14Cl3LaO7. The molecule has 0 spiro atoms. The summed E-state index contributed by atoms with van der Waals surface area (Å²) >= 11 is 0. The van der Waals surface area contributed by atoms with Gasteiger partial charge >= 0.3 is 35.6 Å². The van der Waals surface area contributed by atoms with Crippen LogP contribution < -0.4 is 37.2 Å². The Morgan fingerprint density at radius 2 is 0.273 bits per heavy atom. The van der Waals surface area contributed by atoms with Gasteiger partial charge < -0.3 is 75.6 Å². The zero-order valence-corrected chi connectivity index (χ0v) is 11.1. The summed E-state index contributed by atoms with van der Waals surface area (Å²) in [6.45, 7) is 0. The second kappa shape index (κ2) is 430. The summed E-state index contributed by atoms with van der Waals surface area (Å²) in [6, 6.07) is 0. The van der Waals surface area contributed by atoms with Gasteiger partial charge in [-0.2, -0.15) is 0 Å². The Labute approximate surface area is 110 Å². The fourth-order valence-corrected chi connectivity index (χ4v) is 0. The number of hydrogen-bond donors (Lipinski definition) is 0. The zero-order chi connectivity index (χ0) is 0. The van der Waals surface area contributed by atoms with Gasteiger partial charge in [-0.05, 0) is 0 Å². The zero-order valence-electron chi connectivity index (χ0n) is 5.21. The molecule has 0 amide bonds. The largest absolute Gasteiger partial charge is 3.00 e. The SMILES string of the molecule is O.O.O.O.O.O.O.[Cl-].[Cl-].[Cl-].[La+3]. The fraction of sp³-hybridized carbons (Fsp3) is 0. The van der Waals surface area contributed by atoms with Crippen LogP contribution in [0.2, 0.25) is 0 Å². The molecule has 0 aliphatic heterocycles. The van der Waals surface area contributed by atoms with Gasteiger partial charge in [-0.1, -0.05) is 0 Å². The van der Waals surface area contributed by atoms with Crippen molar-refractivity contribution >= 4 is 0 Å². The molecule has 0 aromatic carbocycles. The van der Waals surface area contributed by atoms with Crippen LogP contribution in [-0.2, 0) is 0 Å². The van der Waals surface area contributed by atoms with Gasteiger partial charge in [-0.3, -0.25) is 0 Å². The molecule has 0 radical (unpaired) electrons. The third kappa shape index (κ3) is 354. The molecule has 0 fully saturated rings. The molecule has 0 aromatic heterocycles. The molecule has 0 aromatic rings. The molecular weight excluding hydrogens is 357 g/mol. The van der Waals surface area contributed by atoms with Crippen molar-refractivity contribution < 1.29 is 111 Å². The van der Waals surface area contributed by atoms with Gasteiger partial charge in [0, 0.05) is 0 Å². The van der Waals surface area contributed by atoms with Gasteiger partial charge in [0.15, 0.2) is 0 Å². The summed E-state index contributed by atoms with van der Waals surface area (Å²) in [5.41, 5.74) is 0. The van der Waals surface area contributed by atoms with Gasteiger partial charge in [0.05, 0.1) is 0 Å².